The highest BCUT2D eigenvalue weighted by Crippen LogP contribution is 2.30. The molecule has 1 aromatic carbocycles. The number of hydrogen-bond acceptors (Lipinski definition) is 5. The van der Waals surface area contributed by atoms with Crippen molar-refractivity contribution in [2.75, 3.05) is 20.3 Å². The second kappa shape index (κ2) is 9.60. The number of nitrogens with two attached hydrogens (primary N) is 1. The Bertz CT molecular complexity index is 661. The van der Waals surface area contributed by atoms with Gasteiger partial charge in [-0.3, -0.25) is 9.59 Å². The standard InChI is InChI=1S/C20H31N3O4/c1-13(2)22-19(24)12-27-17-9-8-15(11-18(17)26-4)20(25)23-10-6-5-7-16(23)14(3)21/h8-9,11,13-14,16H,5-7,10,12,21H2,1-4H3,(H,22,24). The molecule has 0 radical (unpaired) electrons. The third kappa shape index (κ3) is 5.60. The topological polar surface area (TPSA) is 93.9 Å². The molecule has 150 valence electrons. The SMILES string of the molecule is COc1cc(C(=O)N2CCCCC2C(C)N)ccc1OCC(=O)NC(C)C. The van der Waals surface area contributed by atoms with Gasteiger partial charge in [-0.05, 0) is 58.2 Å². The molecule has 2 rings (SSSR count). The molecule has 1 heterocycles. The molecule has 1 aliphatic heterocycles. The first-order chi connectivity index (χ1) is 12.8. The van der Waals surface area contributed by atoms with Gasteiger partial charge in [0.05, 0.1) is 7.11 Å². The molecule has 2 atom stereocenters. The van der Waals surface area contributed by atoms with Gasteiger partial charge in [-0.25, -0.2) is 0 Å². The van der Waals surface area contributed by atoms with Gasteiger partial charge in [-0.15, -0.1) is 0 Å². The van der Waals surface area contributed by atoms with E-state index in [0.29, 0.717) is 23.6 Å². The van der Waals surface area contributed by atoms with Gasteiger partial charge in [-0.1, -0.05) is 0 Å². The van der Waals surface area contributed by atoms with E-state index < -0.39 is 0 Å². The molecular formula is C20H31N3O4. The lowest BCUT2D eigenvalue weighted by atomic mass is 9.96. The smallest absolute Gasteiger partial charge is 0.258 e. The van der Waals surface area contributed by atoms with Gasteiger partial charge in [0.15, 0.2) is 18.1 Å². The molecule has 1 fully saturated rings. The summed E-state index contributed by atoms with van der Waals surface area (Å²) in [4.78, 5) is 26.6. The molecule has 1 saturated heterocycles. The van der Waals surface area contributed by atoms with Crippen molar-refractivity contribution < 1.29 is 19.1 Å². The molecular weight excluding hydrogens is 346 g/mol. The number of ether oxygens (including phenoxy) is 2. The summed E-state index contributed by atoms with van der Waals surface area (Å²) in [5, 5.41) is 2.76. The quantitative estimate of drug-likeness (QED) is 0.757. The highest BCUT2D eigenvalue weighted by atomic mass is 16.5. The van der Waals surface area contributed by atoms with E-state index in [4.69, 9.17) is 15.2 Å². The van der Waals surface area contributed by atoms with Crippen molar-refractivity contribution in [2.45, 2.75) is 58.2 Å². The Hall–Kier alpha value is -2.28. The normalized spacial score (nSPS) is 18.1. The number of methoxy groups -OCH3 is 1. The van der Waals surface area contributed by atoms with Crippen LogP contribution in [0.2, 0.25) is 0 Å². The first-order valence-corrected chi connectivity index (χ1v) is 9.50. The molecule has 7 heteroatoms. The minimum atomic E-state index is -0.208. The van der Waals surface area contributed by atoms with Crippen LogP contribution in [0.3, 0.4) is 0 Å². The van der Waals surface area contributed by atoms with Crippen LogP contribution < -0.4 is 20.5 Å². The van der Waals surface area contributed by atoms with E-state index in [1.807, 2.05) is 25.7 Å². The predicted molar refractivity (Wildman–Crippen MR) is 104 cm³/mol. The largest absolute Gasteiger partial charge is 0.493 e. The molecule has 1 aliphatic rings. The summed E-state index contributed by atoms with van der Waals surface area (Å²) in [6.45, 7) is 6.31. The van der Waals surface area contributed by atoms with E-state index in [1.165, 1.54) is 7.11 Å². The van der Waals surface area contributed by atoms with Crippen LogP contribution in [0.5, 0.6) is 11.5 Å². The Morgan fingerprint density at radius 1 is 1.26 bits per heavy atom. The third-order valence-corrected chi connectivity index (χ3v) is 4.64. The van der Waals surface area contributed by atoms with Crippen molar-refractivity contribution >= 4 is 11.8 Å². The van der Waals surface area contributed by atoms with E-state index in [0.717, 1.165) is 19.3 Å². The van der Waals surface area contributed by atoms with Gasteiger partial charge in [0, 0.05) is 30.2 Å². The molecule has 0 aliphatic carbocycles. The molecule has 27 heavy (non-hydrogen) atoms. The maximum absolute atomic E-state index is 13.0. The number of benzene rings is 1. The van der Waals surface area contributed by atoms with Gasteiger partial charge in [0.1, 0.15) is 0 Å². The van der Waals surface area contributed by atoms with Gasteiger partial charge in [0.2, 0.25) is 0 Å². The Labute approximate surface area is 161 Å². The highest BCUT2D eigenvalue weighted by molar-refractivity contribution is 5.95. The van der Waals surface area contributed by atoms with Crippen LogP contribution in [0.1, 0.15) is 50.4 Å². The van der Waals surface area contributed by atoms with Crippen LogP contribution in [-0.4, -0.2) is 55.1 Å². The van der Waals surface area contributed by atoms with Gasteiger partial charge in [0.25, 0.3) is 11.8 Å². The number of carbonyl (C=O) groups is 2. The van der Waals surface area contributed by atoms with Crippen molar-refractivity contribution in [1.82, 2.24) is 10.2 Å². The van der Waals surface area contributed by atoms with Crippen molar-refractivity contribution in [2.24, 2.45) is 5.73 Å². The fourth-order valence-corrected chi connectivity index (χ4v) is 3.35. The van der Waals surface area contributed by atoms with Crippen molar-refractivity contribution in [3.05, 3.63) is 23.8 Å². The van der Waals surface area contributed by atoms with Crippen LogP contribution in [0.25, 0.3) is 0 Å². The molecule has 7 nitrogen and oxygen atoms in total. The number of likely N-dealkylation sites (tertiary alicyclic amines) is 1. The van der Waals surface area contributed by atoms with Crippen molar-refractivity contribution in [3.63, 3.8) is 0 Å². The monoisotopic (exact) mass is 377 g/mol. The summed E-state index contributed by atoms with van der Waals surface area (Å²) >= 11 is 0. The van der Waals surface area contributed by atoms with E-state index in [-0.39, 0.29) is 36.5 Å². The van der Waals surface area contributed by atoms with Gasteiger partial charge in [-0.2, -0.15) is 0 Å². The molecule has 0 bridgehead atoms. The maximum Gasteiger partial charge on any atom is 0.258 e. The van der Waals surface area contributed by atoms with Crippen LogP contribution in [0.15, 0.2) is 18.2 Å². The zero-order chi connectivity index (χ0) is 20.0. The van der Waals surface area contributed by atoms with Crippen LogP contribution >= 0.6 is 0 Å². The summed E-state index contributed by atoms with van der Waals surface area (Å²) in [6, 6.07) is 5.05. The Morgan fingerprint density at radius 2 is 2.00 bits per heavy atom. The van der Waals surface area contributed by atoms with Crippen LogP contribution in [-0.2, 0) is 4.79 Å². The maximum atomic E-state index is 13.0. The second-order valence-electron chi connectivity index (χ2n) is 7.30. The minimum Gasteiger partial charge on any atom is -0.493 e. The van der Waals surface area contributed by atoms with Crippen LogP contribution in [0.4, 0.5) is 0 Å². The minimum absolute atomic E-state index is 0.0467. The lowest BCUT2D eigenvalue weighted by Gasteiger charge is -2.38. The third-order valence-electron chi connectivity index (χ3n) is 4.64. The summed E-state index contributed by atoms with van der Waals surface area (Å²) in [6.07, 6.45) is 3.00. The number of carbonyl (C=O) groups excluding carboxylic acids is 2. The molecule has 1 aromatic rings. The van der Waals surface area contributed by atoms with Crippen molar-refractivity contribution in [3.8, 4) is 11.5 Å². The van der Waals surface area contributed by atoms with Gasteiger partial charge < -0.3 is 25.4 Å². The lowest BCUT2D eigenvalue weighted by Crippen LogP contribution is -2.51. The first-order valence-electron chi connectivity index (χ1n) is 9.50. The zero-order valence-corrected chi connectivity index (χ0v) is 16.7. The summed E-state index contributed by atoms with van der Waals surface area (Å²) in [5.74, 6) is 0.586. The second-order valence-corrected chi connectivity index (χ2v) is 7.30. The number of nitrogens with one attached hydrogen (secondary N) is 1. The fourth-order valence-electron chi connectivity index (χ4n) is 3.35. The first kappa shape index (κ1) is 21.0. The number of nitrogens with zero attached hydrogens (tertiary/aromatic N) is 1. The van der Waals surface area contributed by atoms with E-state index in [9.17, 15) is 9.59 Å². The molecule has 2 amide bonds. The zero-order valence-electron chi connectivity index (χ0n) is 16.7. The Kier molecular flexibility index (Phi) is 7.47. The number of rotatable bonds is 7. The van der Waals surface area contributed by atoms with Gasteiger partial charge >= 0.3 is 0 Å². The molecule has 3 N–H and O–H groups in total. The number of hydrogen-bond donors (Lipinski definition) is 2. The Morgan fingerprint density at radius 3 is 2.63 bits per heavy atom. The van der Waals surface area contributed by atoms with E-state index in [2.05, 4.69) is 5.32 Å². The van der Waals surface area contributed by atoms with E-state index in [1.54, 1.807) is 18.2 Å². The highest BCUT2D eigenvalue weighted by Gasteiger charge is 2.30. The predicted octanol–water partition coefficient (Wildman–Crippen LogP) is 1.94. The average molecular weight is 377 g/mol. The van der Waals surface area contributed by atoms with E-state index >= 15 is 0 Å². The van der Waals surface area contributed by atoms with Crippen molar-refractivity contribution in [1.29, 1.82) is 0 Å². The molecule has 0 saturated carbocycles. The summed E-state index contributed by atoms with van der Waals surface area (Å²) < 4.78 is 10.9. The molecule has 0 aromatic heterocycles. The summed E-state index contributed by atoms with van der Waals surface area (Å²) in [5.41, 5.74) is 6.61. The lowest BCUT2D eigenvalue weighted by molar-refractivity contribution is -0.123. The summed E-state index contributed by atoms with van der Waals surface area (Å²) in [7, 11) is 1.51. The fraction of sp³-hybridized carbons (Fsp3) is 0.600. The molecule has 2 unspecified atom stereocenters. The Balaban J connectivity index is 2.12. The average Bonchev–Trinajstić information content (AvgIpc) is 2.65. The van der Waals surface area contributed by atoms with Crippen LogP contribution in [0, 0.1) is 0 Å². The molecule has 0 spiro atoms. The number of piperidine rings is 1. The number of amides is 2.